The highest BCUT2D eigenvalue weighted by molar-refractivity contribution is 7.09. The van der Waals surface area contributed by atoms with Crippen LogP contribution in [0, 0.1) is 6.07 Å². The summed E-state index contributed by atoms with van der Waals surface area (Å²) in [6.45, 7) is 0.674. The van der Waals surface area contributed by atoms with Crippen LogP contribution in [0.15, 0.2) is 66.0 Å². The molecule has 1 radical (unpaired) electrons. The van der Waals surface area contributed by atoms with Gasteiger partial charge in [-0.25, -0.2) is 0 Å². The molecule has 0 fully saturated rings. The van der Waals surface area contributed by atoms with E-state index >= 15 is 0 Å². The minimum Gasteiger partial charge on any atom is -0.366 e. The first kappa shape index (κ1) is 19.2. The number of carbonyl (C=O) groups is 1. The number of rotatable bonds is 4. The van der Waals surface area contributed by atoms with Crippen LogP contribution < -0.4 is 5.73 Å². The van der Waals surface area contributed by atoms with Crippen molar-refractivity contribution < 1.29 is 4.79 Å². The summed E-state index contributed by atoms with van der Waals surface area (Å²) in [5, 5.41) is 4.87. The van der Waals surface area contributed by atoms with Crippen molar-refractivity contribution >= 4 is 62.3 Å². The molecule has 6 heteroatoms. The van der Waals surface area contributed by atoms with Crippen LogP contribution in [0.2, 0.25) is 10.0 Å². The molecule has 0 unspecified atom stereocenters. The van der Waals surface area contributed by atoms with E-state index < -0.39 is 5.91 Å². The fourth-order valence-corrected chi connectivity index (χ4v) is 5.22. The van der Waals surface area contributed by atoms with Crippen LogP contribution in [0.1, 0.15) is 15.2 Å². The van der Waals surface area contributed by atoms with Gasteiger partial charge in [0.1, 0.15) is 0 Å². The second-order valence-corrected chi connectivity index (χ2v) is 8.82. The van der Waals surface area contributed by atoms with Gasteiger partial charge in [-0.3, -0.25) is 4.79 Å². The van der Waals surface area contributed by atoms with E-state index in [9.17, 15) is 4.79 Å². The standard InChI is InChI=1S/C24H15Cl2N2OS/c25-18-6-2-7-19(26)22(18)14-9-10-16-21(12-14)28(13-15-4-3-11-30-15)20-8-1-5-17(23(16)20)24(27)29/h1-9,11-12H,13H2,(H2,27,29). The van der Waals surface area contributed by atoms with Gasteiger partial charge in [-0.05, 0) is 59.5 Å². The molecule has 2 heterocycles. The van der Waals surface area contributed by atoms with Crippen molar-refractivity contribution in [2.24, 2.45) is 5.73 Å². The minimum atomic E-state index is -0.456. The molecule has 0 bridgehead atoms. The minimum absolute atomic E-state index is 0.456. The average Bonchev–Trinajstić information content (AvgIpc) is 3.35. The fraction of sp³-hybridized carbons (Fsp3) is 0.0417. The number of fused-ring (bicyclic) bond motifs is 3. The first-order valence-corrected chi connectivity index (χ1v) is 10.9. The summed E-state index contributed by atoms with van der Waals surface area (Å²) in [5.41, 5.74) is 9.69. The van der Waals surface area contributed by atoms with Gasteiger partial charge in [0.05, 0.1) is 17.6 Å². The highest BCUT2D eigenvalue weighted by Crippen LogP contribution is 2.39. The normalized spacial score (nSPS) is 11.4. The molecule has 147 valence electrons. The molecule has 5 rings (SSSR count). The summed E-state index contributed by atoms with van der Waals surface area (Å²) in [6.07, 6.45) is 0. The van der Waals surface area contributed by atoms with Crippen molar-refractivity contribution in [3.8, 4) is 11.1 Å². The predicted molar refractivity (Wildman–Crippen MR) is 126 cm³/mol. The highest BCUT2D eigenvalue weighted by atomic mass is 35.5. The van der Waals surface area contributed by atoms with Gasteiger partial charge in [-0.2, -0.15) is 0 Å². The lowest BCUT2D eigenvalue weighted by molar-refractivity contribution is 0.100. The smallest absolute Gasteiger partial charge is 0.249 e. The van der Waals surface area contributed by atoms with Crippen molar-refractivity contribution in [3.63, 3.8) is 0 Å². The lowest BCUT2D eigenvalue weighted by Crippen LogP contribution is -2.11. The maximum absolute atomic E-state index is 12.1. The molecule has 0 aliphatic heterocycles. The molecule has 30 heavy (non-hydrogen) atoms. The Morgan fingerprint density at radius 3 is 2.50 bits per heavy atom. The number of nitrogens with two attached hydrogens (primary N) is 1. The van der Waals surface area contributed by atoms with E-state index in [1.54, 1.807) is 17.4 Å². The van der Waals surface area contributed by atoms with Crippen LogP contribution in [-0.4, -0.2) is 10.5 Å². The van der Waals surface area contributed by atoms with Crippen molar-refractivity contribution in [2.75, 3.05) is 0 Å². The van der Waals surface area contributed by atoms with Crippen molar-refractivity contribution in [1.82, 2.24) is 4.57 Å². The molecule has 3 aromatic carbocycles. The predicted octanol–water partition coefficient (Wildman–Crippen LogP) is 6.78. The lowest BCUT2D eigenvalue weighted by Gasteiger charge is -2.10. The Morgan fingerprint density at radius 1 is 1.03 bits per heavy atom. The summed E-state index contributed by atoms with van der Waals surface area (Å²) in [6, 6.07) is 22.5. The molecule has 0 atom stereocenters. The number of nitrogens with zero attached hydrogens (tertiary/aromatic N) is 1. The summed E-state index contributed by atoms with van der Waals surface area (Å²) in [5.74, 6) is -0.456. The van der Waals surface area contributed by atoms with E-state index in [1.807, 2.05) is 42.5 Å². The summed E-state index contributed by atoms with van der Waals surface area (Å²) < 4.78 is 2.19. The molecule has 0 aliphatic rings. The number of thiophene rings is 1. The van der Waals surface area contributed by atoms with Crippen molar-refractivity contribution in [2.45, 2.75) is 6.54 Å². The van der Waals surface area contributed by atoms with Gasteiger partial charge in [0.2, 0.25) is 5.91 Å². The van der Waals surface area contributed by atoms with Gasteiger partial charge in [0.25, 0.3) is 0 Å². The largest absolute Gasteiger partial charge is 0.366 e. The van der Waals surface area contributed by atoms with Crippen LogP contribution >= 0.6 is 34.5 Å². The summed E-state index contributed by atoms with van der Waals surface area (Å²) >= 11 is 14.6. The third-order valence-corrected chi connectivity index (χ3v) is 6.70. The second-order valence-electron chi connectivity index (χ2n) is 6.97. The zero-order valence-electron chi connectivity index (χ0n) is 15.7. The molecule has 2 N–H and O–H groups in total. The van der Waals surface area contributed by atoms with Gasteiger partial charge in [-0.1, -0.05) is 41.4 Å². The van der Waals surface area contributed by atoms with Crippen LogP contribution in [0.25, 0.3) is 32.9 Å². The zero-order chi connectivity index (χ0) is 20.8. The quantitative estimate of drug-likeness (QED) is 0.323. The molecular formula is C24H15Cl2N2OS. The first-order chi connectivity index (χ1) is 14.5. The Labute approximate surface area is 187 Å². The van der Waals surface area contributed by atoms with Gasteiger partial charge in [-0.15, -0.1) is 11.3 Å². The van der Waals surface area contributed by atoms with Gasteiger partial charge < -0.3 is 10.3 Å². The van der Waals surface area contributed by atoms with E-state index in [0.717, 1.165) is 32.9 Å². The third-order valence-electron chi connectivity index (χ3n) is 5.21. The van der Waals surface area contributed by atoms with Gasteiger partial charge >= 0.3 is 0 Å². The van der Waals surface area contributed by atoms with E-state index in [2.05, 4.69) is 28.1 Å². The summed E-state index contributed by atoms with van der Waals surface area (Å²) in [4.78, 5) is 13.3. The Bertz CT molecular complexity index is 1400. The maximum atomic E-state index is 12.1. The summed E-state index contributed by atoms with van der Waals surface area (Å²) in [7, 11) is 0. The molecule has 0 saturated carbocycles. The molecular weight excluding hydrogens is 435 g/mol. The highest BCUT2D eigenvalue weighted by Gasteiger charge is 2.18. The Balaban J connectivity index is 1.85. The number of carbonyl (C=O) groups excluding carboxylic acids is 1. The fourth-order valence-electron chi connectivity index (χ4n) is 3.91. The van der Waals surface area contributed by atoms with Crippen molar-refractivity contribution in [3.05, 3.63) is 92.6 Å². The lowest BCUT2D eigenvalue weighted by atomic mass is 10.0. The Hall–Kier alpha value is -2.79. The SMILES string of the molecule is NC(=O)c1cccc2c1c1[c]cc(-c3c(Cl)cccc3Cl)cc1n2Cc1cccs1. The van der Waals surface area contributed by atoms with E-state index in [1.165, 1.54) is 4.88 Å². The van der Waals surface area contributed by atoms with E-state index in [0.29, 0.717) is 22.2 Å². The molecule has 0 spiro atoms. The molecule has 2 aromatic heterocycles. The number of amides is 1. The third kappa shape index (κ3) is 3.08. The molecule has 1 amide bonds. The van der Waals surface area contributed by atoms with E-state index in [-0.39, 0.29) is 0 Å². The topological polar surface area (TPSA) is 48.0 Å². The number of primary amides is 1. The first-order valence-electron chi connectivity index (χ1n) is 9.28. The van der Waals surface area contributed by atoms with Gasteiger partial charge in [0, 0.05) is 36.8 Å². The van der Waals surface area contributed by atoms with Crippen LogP contribution in [0.3, 0.4) is 0 Å². The number of aromatic nitrogens is 1. The van der Waals surface area contributed by atoms with E-state index in [4.69, 9.17) is 28.9 Å². The Kier molecular flexibility index (Phi) is 4.78. The van der Waals surface area contributed by atoms with Crippen LogP contribution in [-0.2, 0) is 6.54 Å². The second kappa shape index (κ2) is 7.47. The monoisotopic (exact) mass is 449 g/mol. The molecule has 0 saturated heterocycles. The van der Waals surface area contributed by atoms with Crippen molar-refractivity contribution in [1.29, 1.82) is 0 Å². The number of benzene rings is 3. The molecule has 3 nitrogen and oxygen atoms in total. The van der Waals surface area contributed by atoms with Crippen LogP contribution in [0.4, 0.5) is 0 Å². The Morgan fingerprint density at radius 2 is 1.80 bits per heavy atom. The molecule has 0 aliphatic carbocycles. The van der Waals surface area contributed by atoms with Gasteiger partial charge in [0.15, 0.2) is 0 Å². The molecule has 5 aromatic rings. The van der Waals surface area contributed by atoms with Crippen LogP contribution in [0.5, 0.6) is 0 Å². The number of halogens is 2. The number of hydrogen-bond acceptors (Lipinski definition) is 2. The maximum Gasteiger partial charge on any atom is 0.249 e. The number of hydrogen-bond donors (Lipinski definition) is 1. The average molecular weight is 450 g/mol. The zero-order valence-corrected chi connectivity index (χ0v) is 18.0.